The summed E-state index contributed by atoms with van der Waals surface area (Å²) in [5.74, 6) is -0.320. The van der Waals surface area contributed by atoms with Gasteiger partial charge >= 0.3 is 7.60 Å². The van der Waals surface area contributed by atoms with Gasteiger partial charge in [-0.2, -0.15) is 0 Å². The molecule has 10 nitrogen and oxygen atoms in total. The van der Waals surface area contributed by atoms with Crippen molar-refractivity contribution in [2.45, 2.75) is 20.8 Å². The number of hydrogen-bond acceptors (Lipinski definition) is 8. The van der Waals surface area contributed by atoms with Crippen molar-refractivity contribution >= 4 is 57.2 Å². The summed E-state index contributed by atoms with van der Waals surface area (Å²) in [5.41, 5.74) is 3.98. The number of carbonyl (C=O) groups is 1. The molecule has 3 aromatic carbocycles. The second-order valence-electron chi connectivity index (χ2n) is 9.49. The normalized spacial score (nSPS) is 14.3. The number of anilines is 3. The number of hydrogen-bond donors (Lipinski definition) is 3. The monoisotopic (exact) mass is 612 g/mol. The van der Waals surface area contributed by atoms with Crippen LogP contribution >= 0.6 is 7.60 Å². The number of nitrogens with zero attached hydrogens (tertiary/aromatic N) is 1. The van der Waals surface area contributed by atoms with E-state index in [9.17, 15) is 17.8 Å². The summed E-state index contributed by atoms with van der Waals surface area (Å²) in [7, 11) is -7.09. The predicted molar refractivity (Wildman–Crippen MR) is 170 cm³/mol. The number of nitrogens with one attached hydrogen (secondary N) is 3. The highest BCUT2D eigenvalue weighted by atomic mass is 32.2. The SMILES string of the molecule is CCNCCN(c1ccc(NC(=C2C(=O)Nc3ccc(P(=O)(OCC)OCC)cc32)c2ccccc2)cc1)S(C)(=O)=O. The zero-order valence-corrected chi connectivity index (χ0v) is 25.9. The number of benzene rings is 3. The van der Waals surface area contributed by atoms with Gasteiger partial charge in [-0.1, -0.05) is 37.3 Å². The predicted octanol–water partition coefficient (Wildman–Crippen LogP) is 4.89. The molecule has 3 N–H and O–H groups in total. The van der Waals surface area contributed by atoms with Gasteiger partial charge in [-0.3, -0.25) is 13.7 Å². The summed E-state index contributed by atoms with van der Waals surface area (Å²) >= 11 is 0. The van der Waals surface area contributed by atoms with Gasteiger partial charge in [0.2, 0.25) is 10.0 Å². The Morgan fingerprint density at radius 2 is 1.62 bits per heavy atom. The van der Waals surface area contributed by atoms with Crippen molar-refractivity contribution in [2.24, 2.45) is 0 Å². The van der Waals surface area contributed by atoms with Gasteiger partial charge in [-0.15, -0.1) is 0 Å². The minimum atomic E-state index is -3.60. The first-order valence-corrected chi connectivity index (χ1v) is 17.2. The van der Waals surface area contributed by atoms with E-state index >= 15 is 0 Å². The molecule has 0 saturated heterocycles. The van der Waals surface area contributed by atoms with Crippen molar-refractivity contribution in [1.29, 1.82) is 0 Å². The van der Waals surface area contributed by atoms with Crippen LogP contribution in [0, 0.1) is 0 Å². The second-order valence-corrected chi connectivity index (χ2v) is 13.4. The third-order valence-corrected chi connectivity index (χ3v) is 9.84. The van der Waals surface area contributed by atoms with Crippen molar-refractivity contribution in [3.05, 3.63) is 83.9 Å². The zero-order valence-electron chi connectivity index (χ0n) is 24.2. The quantitative estimate of drug-likeness (QED) is 0.134. The van der Waals surface area contributed by atoms with Crippen molar-refractivity contribution in [3.63, 3.8) is 0 Å². The highest BCUT2D eigenvalue weighted by molar-refractivity contribution is 7.92. The van der Waals surface area contributed by atoms with Crippen molar-refractivity contribution < 1.29 is 26.8 Å². The van der Waals surface area contributed by atoms with Crippen LogP contribution < -0.4 is 25.6 Å². The molecule has 0 unspecified atom stereocenters. The van der Waals surface area contributed by atoms with E-state index in [4.69, 9.17) is 9.05 Å². The van der Waals surface area contributed by atoms with Crippen LogP contribution in [0.4, 0.5) is 17.1 Å². The number of fused-ring (bicyclic) bond motifs is 1. The molecule has 224 valence electrons. The zero-order chi connectivity index (χ0) is 30.3. The summed E-state index contributed by atoms with van der Waals surface area (Å²) < 4.78 is 50.9. The molecule has 1 aliphatic rings. The third kappa shape index (κ3) is 7.11. The molecule has 12 heteroatoms. The van der Waals surface area contributed by atoms with Crippen LogP contribution in [0.2, 0.25) is 0 Å². The summed E-state index contributed by atoms with van der Waals surface area (Å²) in [4.78, 5) is 13.4. The molecule has 0 spiro atoms. The molecule has 0 atom stereocenters. The molecule has 0 aliphatic carbocycles. The van der Waals surface area contributed by atoms with Crippen LogP contribution in [0.15, 0.2) is 72.8 Å². The maximum atomic E-state index is 13.5. The van der Waals surface area contributed by atoms with Crippen LogP contribution in [0.5, 0.6) is 0 Å². The van der Waals surface area contributed by atoms with Crippen LogP contribution in [0.25, 0.3) is 11.3 Å². The summed E-state index contributed by atoms with van der Waals surface area (Å²) in [6, 6.07) is 21.4. The topological polar surface area (TPSA) is 126 Å². The molecule has 1 amide bonds. The standard InChI is InChI=1S/C30H37N4O6PS/c1-5-31-19-20-34(42(4,37)38)24-15-13-23(14-16-24)32-29(22-11-9-8-10-12-22)28-26-21-25(17-18-27(26)33-30(28)35)41(36,39-6-2)40-7-3/h8-18,21,31-32H,5-7,19-20H2,1-4H3,(H,33,35). The van der Waals surface area contributed by atoms with Crippen molar-refractivity contribution in [3.8, 4) is 0 Å². The van der Waals surface area contributed by atoms with Gasteiger partial charge in [0.1, 0.15) is 0 Å². The molecule has 1 heterocycles. The first kappa shape index (κ1) is 31.5. The highest BCUT2D eigenvalue weighted by Crippen LogP contribution is 2.48. The van der Waals surface area contributed by atoms with E-state index in [1.807, 2.05) is 37.3 Å². The van der Waals surface area contributed by atoms with E-state index in [2.05, 4.69) is 16.0 Å². The maximum Gasteiger partial charge on any atom is 0.361 e. The molecule has 0 radical (unpaired) electrons. The number of amides is 1. The average Bonchev–Trinajstić information content (AvgIpc) is 3.29. The first-order valence-electron chi connectivity index (χ1n) is 13.8. The van der Waals surface area contributed by atoms with Crippen molar-refractivity contribution in [1.82, 2.24) is 5.32 Å². The number of carbonyl (C=O) groups excluding carboxylic acids is 1. The first-order chi connectivity index (χ1) is 20.1. The minimum Gasteiger partial charge on any atom is -0.354 e. The molecule has 0 fully saturated rings. The van der Waals surface area contributed by atoms with Gasteiger partial charge in [-0.25, -0.2) is 8.42 Å². The molecule has 3 aromatic rings. The number of sulfonamides is 1. The Bertz CT molecular complexity index is 1580. The van der Waals surface area contributed by atoms with Crippen molar-refractivity contribution in [2.75, 3.05) is 54.0 Å². The van der Waals surface area contributed by atoms with Gasteiger partial charge in [0.15, 0.2) is 0 Å². The van der Waals surface area contributed by atoms with Crippen LogP contribution in [0.3, 0.4) is 0 Å². The molecule has 4 rings (SSSR count). The lowest BCUT2D eigenvalue weighted by Crippen LogP contribution is -2.36. The Kier molecular flexibility index (Phi) is 10.2. The summed E-state index contributed by atoms with van der Waals surface area (Å²) in [6.07, 6.45) is 1.18. The van der Waals surface area contributed by atoms with Gasteiger partial charge in [0, 0.05) is 30.0 Å². The van der Waals surface area contributed by atoms with E-state index in [1.165, 1.54) is 10.6 Å². The van der Waals surface area contributed by atoms with E-state index in [0.29, 0.717) is 52.3 Å². The van der Waals surface area contributed by atoms with Gasteiger partial charge in [0.05, 0.1) is 41.7 Å². The van der Waals surface area contributed by atoms with Gasteiger partial charge < -0.3 is 25.0 Å². The number of rotatable bonds is 14. The fourth-order valence-corrected chi connectivity index (χ4v) is 7.21. The fraction of sp³-hybridized carbons (Fsp3) is 0.300. The van der Waals surface area contributed by atoms with Crippen LogP contribution in [-0.2, 0) is 28.4 Å². The largest absolute Gasteiger partial charge is 0.361 e. The lowest BCUT2D eigenvalue weighted by molar-refractivity contribution is -0.110. The molecule has 42 heavy (non-hydrogen) atoms. The average molecular weight is 613 g/mol. The lowest BCUT2D eigenvalue weighted by atomic mass is 10.00. The Labute approximate surface area is 247 Å². The fourth-order valence-electron chi connectivity index (χ4n) is 4.68. The highest BCUT2D eigenvalue weighted by Gasteiger charge is 2.33. The van der Waals surface area contributed by atoms with Gasteiger partial charge in [-0.05, 0) is 68.4 Å². The molecule has 0 saturated carbocycles. The lowest BCUT2D eigenvalue weighted by Gasteiger charge is -2.23. The summed E-state index contributed by atoms with van der Waals surface area (Å²) in [5, 5.41) is 9.79. The Morgan fingerprint density at radius 3 is 2.21 bits per heavy atom. The second kappa shape index (κ2) is 13.7. The third-order valence-electron chi connectivity index (χ3n) is 6.54. The van der Waals surface area contributed by atoms with E-state index in [1.54, 1.807) is 56.3 Å². The van der Waals surface area contributed by atoms with E-state index in [0.717, 1.165) is 12.1 Å². The van der Waals surface area contributed by atoms with Crippen LogP contribution in [-0.4, -0.2) is 53.4 Å². The Balaban J connectivity index is 1.78. The molecular formula is C30H37N4O6PS. The molecular weight excluding hydrogens is 575 g/mol. The summed E-state index contributed by atoms with van der Waals surface area (Å²) in [6.45, 7) is 7.41. The van der Waals surface area contributed by atoms with E-state index < -0.39 is 17.6 Å². The molecule has 0 aromatic heterocycles. The molecule has 1 aliphatic heterocycles. The van der Waals surface area contributed by atoms with E-state index in [-0.39, 0.29) is 19.1 Å². The molecule has 0 bridgehead atoms. The van der Waals surface area contributed by atoms with Crippen LogP contribution in [0.1, 0.15) is 31.9 Å². The maximum absolute atomic E-state index is 13.5. The van der Waals surface area contributed by atoms with Gasteiger partial charge in [0.25, 0.3) is 5.91 Å². The Morgan fingerprint density at radius 1 is 0.952 bits per heavy atom. The number of likely N-dealkylation sites (N-methyl/N-ethyl adjacent to an activating group) is 1. The Hall–Kier alpha value is -3.47. The smallest absolute Gasteiger partial charge is 0.354 e. The minimum absolute atomic E-state index is 0.201.